The van der Waals surface area contributed by atoms with Crippen LogP contribution in [0.2, 0.25) is 0 Å². The summed E-state index contributed by atoms with van der Waals surface area (Å²) in [5, 5.41) is 8.96. The van der Waals surface area contributed by atoms with Gasteiger partial charge in [-0.25, -0.2) is 9.18 Å². The Morgan fingerprint density at radius 3 is 2.68 bits per heavy atom. The average Bonchev–Trinajstić information content (AvgIpc) is 2.39. The summed E-state index contributed by atoms with van der Waals surface area (Å²) in [5.74, 6) is -1.62. The van der Waals surface area contributed by atoms with E-state index in [9.17, 15) is 9.18 Å². The van der Waals surface area contributed by atoms with E-state index in [0.717, 1.165) is 17.7 Å². The molecular weight excluding hydrogens is 249 g/mol. The SMILES string of the molecule is O=C(O)c1ccc(F)cc1OCCc1ccncc1. The number of pyridine rings is 1. The normalized spacial score (nSPS) is 10.2. The number of benzene rings is 1. The number of hydrogen-bond acceptors (Lipinski definition) is 3. The zero-order valence-corrected chi connectivity index (χ0v) is 10.0. The van der Waals surface area contributed by atoms with Gasteiger partial charge in [0.2, 0.25) is 0 Å². The molecule has 0 aliphatic carbocycles. The minimum Gasteiger partial charge on any atom is -0.492 e. The van der Waals surface area contributed by atoms with E-state index in [4.69, 9.17) is 9.84 Å². The molecule has 0 radical (unpaired) electrons. The van der Waals surface area contributed by atoms with Crippen molar-refractivity contribution in [3.05, 3.63) is 59.7 Å². The summed E-state index contributed by atoms with van der Waals surface area (Å²) < 4.78 is 18.4. The van der Waals surface area contributed by atoms with Gasteiger partial charge in [-0.15, -0.1) is 0 Å². The highest BCUT2D eigenvalue weighted by Gasteiger charge is 2.12. The Kier molecular flexibility index (Phi) is 4.07. The van der Waals surface area contributed by atoms with Crippen molar-refractivity contribution in [2.45, 2.75) is 6.42 Å². The van der Waals surface area contributed by atoms with Crippen molar-refractivity contribution in [3.8, 4) is 5.75 Å². The summed E-state index contributed by atoms with van der Waals surface area (Å²) in [7, 11) is 0. The second-order valence-electron chi connectivity index (χ2n) is 3.90. The topological polar surface area (TPSA) is 59.4 Å². The minimum atomic E-state index is -1.14. The first-order chi connectivity index (χ1) is 9.16. The highest BCUT2D eigenvalue weighted by atomic mass is 19.1. The van der Waals surface area contributed by atoms with Crippen LogP contribution in [0.4, 0.5) is 4.39 Å². The van der Waals surface area contributed by atoms with E-state index in [0.29, 0.717) is 6.42 Å². The molecule has 1 N–H and O–H groups in total. The standard InChI is InChI=1S/C14H12FNO3/c15-11-1-2-12(14(17)18)13(9-11)19-8-5-10-3-6-16-7-4-10/h1-4,6-7,9H,5,8H2,(H,17,18). The Bertz CT molecular complexity index is 572. The fourth-order valence-electron chi connectivity index (χ4n) is 1.62. The molecule has 0 aliphatic rings. The Hall–Kier alpha value is -2.43. The Morgan fingerprint density at radius 2 is 2.00 bits per heavy atom. The first-order valence-corrected chi connectivity index (χ1v) is 5.71. The molecule has 1 heterocycles. The van der Waals surface area contributed by atoms with E-state index in [1.165, 1.54) is 6.07 Å². The number of carboxylic acids is 1. The Balaban J connectivity index is 2.03. The molecule has 4 nitrogen and oxygen atoms in total. The van der Waals surface area contributed by atoms with Crippen molar-refractivity contribution in [1.82, 2.24) is 4.98 Å². The first-order valence-electron chi connectivity index (χ1n) is 5.71. The molecule has 1 aromatic carbocycles. The molecule has 0 atom stereocenters. The van der Waals surface area contributed by atoms with Gasteiger partial charge in [0.05, 0.1) is 6.61 Å². The number of rotatable bonds is 5. The maximum atomic E-state index is 13.1. The lowest BCUT2D eigenvalue weighted by Gasteiger charge is -2.09. The van der Waals surface area contributed by atoms with E-state index in [-0.39, 0.29) is 17.9 Å². The molecule has 0 amide bonds. The number of aromatic carboxylic acids is 1. The van der Waals surface area contributed by atoms with Gasteiger partial charge in [-0.3, -0.25) is 4.98 Å². The average molecular weight is 261 g/mol. The summed E-state index contributed by atoms with van der Waals surface area (Å²) in [6.07, 6.45) is 3.93. The van der Waals surface area contributed by atoms with Crippen molar-refractivity contribution in [1.29, 1.82) is 0 Å². The van der Waals surface area contributed by atoms with Crippen molar-refractivity contribution in [2.75, 3.05) is 6.61 Å². The summed E-state index contributed by atoms with van der Waals surface area (Å²) >= 11 is 0. The highest BCUT2D eigenvalue weighted by molar-refractivity contribution is 5.90. The minimum absolute atomic E-state index is 0.0431. The monoisotopic (exact) mass is 261 g/mol. The van der Waals surface area contributed by atoms with Crippen LogP contribution in [0.15, 0.2) is 42.7 Å². The van der Waals surface area contributed by atoms with Crippen LogP contribution in [0.25, 0.3) is 0 Å². The first kappa shape index (κ1) is 13.0. The number of hydrogen-bond donors (Lipinski definition) is 1. The van der Waals surface area contributed by atoms with Gasteiger partial charge in [0.1, 0.15) is 17.1 Å². The van der Waals surface area contributed by atoms with Crippen molar-refractivity contribution in [2.24, 2.45) is 0 Å². The lowest BCUT2D eigenvalue weighted by Crippen LogP contribution is -2.06. The van der Waals surface area contributed by atoms with Crippen LogP contribution >= 0.6 is 0 Å². The van der Waals surface area contributed by atoms with Crippen molar-refractivity contribution < 1.29 is 19.0 Å². The van der Waals surface area contributed by atoms with Gasteiger partial charge in [-0.05, 0) is 29.8 Å². The Labute approximate surface area is 109 Å². The predicted octanol–water partition coefficient (Wildman–Crippen LogP) is 2.54. The molecule has 0 aliphatic heterocycles. The van der Waals surface area contributed by atoms with Crippen molar-refractivity contribution >= 4 is 5.97 Å². The number of carboxylic acid groups (broad SMARTS) is 1. The third-order valence-electron chi connectivity index (χ3n) is 2.57. The van der Waals surface area contributed by atoms with Crippen LogP contribution in [-0.2, 0) is 6.42 Å². The lowest BCUT2D eigenvalue weighted by atomic mass is 10.2. The van der Waals surface area contributed by atoms with E-state index in [2.05, 4.69) is 4.98 Å². The molecule has 0 unspecified atom stereocenters. The van der Waals surface area contributed by atoms with Gasteiger partial charge in [-0.1, -0.05) is 0 Å². The van der Waals surface area contributed by atoms with Crippen LogP contribution in [0.5, 0.6) is 5.75 Å². The maximum Gasteiger partial charge on any atom is 0.339 e. The second-order valence-corrected chi connectivity index (χ2v) is 3.90. The van der Waals surface area contributed by atoms with Crippen LogP contribution in [-0.4, -0.2) is 22.7 Å². The van der Waals surface area contributed by atoms with Gasteiger partial charge in [-0.2, -0.15) is 0 Å². The summed E-state index contributed by atoms with van der Waals surface area (Å²) in [4.78, 5) is 14.8. The molecule has 0 saturated heterocycles. The molecule has 5 heteroatoms. The Morgan fingerprint density at radius 1 is 1.26 bits per heavy atom. The fourth-order valence-corrected chi connectivity index (χ4v) is 1.62. The van der Waals surface area contributed by atoms with E-state index < -0.39 is 11.8 Å². The van der Waals surface area contributed by atoms with Gasteiger partial charge >= 0.3 is 5.97 Å². The van der Waals surface area contributed by atoms with Gasteiger partial charge in [0.25, 0.3) is 0 Å². The van der Waals surface area contributed by atoms with E-state index >= 15 is 0 Å². The molecule has 0 saturated carbocycles. The van der Waals surface area contributed by atoms with E-state index in [1.54, 1.807) is 12.4 Å². The van der Waals surface area contributed by atoms with E-state index in [1.807, 2.05) is 12.1 Å². The molecule has 2 rings (SSSR count). The van der Waals surface area contributed by atoms with Gasteiger partial charge in [0, 0.05) is 24.9 Å². The molecule has 0 bridgehead atoms. The molecular formula is C14H12FNO3. The van der Waals surface area contributed by atoms with Gasteiger partial charge < -0.3 is 9.84 Å². The van der Waals surface area contributed by atoms with Crippen LogP contribution < -0.4 is 4.74 Å². The third kappa shape index (κ3) is 3.51. The zero-order valence-electron chi connectivity index (χ0n) is 10.0. The third-order valence-corrected chi connectivity index (χ3v) is 2.57. The number of halogens is 1. The number of nitrogens with zero attached hydrogens (tertiary/aromatic N) is 1. The van der Waals surface area contributed by atoms with Crippen molar-refractivity contribution in [3.63, 3.8) is 0 Å². The maximum absolute atomic E-state index is 13.1. The molecule has 98 valence electrons. The van der Waals surface area contributed by atoms with Crippen LogP contribution in [0.3, 0.4) is 0 Å². The number of ether oxygens (including phenoxy) is 1. The molecule has 19 heavy (non-hydrogen) atoms. The lowest BCUT2D eigenvalue weighted by molar-refractivity contribution is 0.0692. The van der Waals surface area contributed by atoms with Crippen LogP contribution in [0, 0.1) is 5.82 Å². The van der Waals surface area contributed by atoms with Crippen LogP contribution in [0.1, 0.15) is 15.9 Å². The quantitative estimate of drug-likeness (QED) is 0.898. The summed E-state index contributed by atoms with van der Waals surface area (Å²) in [6.45, 7) is 0.272. The second kappa shape index (κ2) is 5.95. The predicted molar refractivity (Wildman–Crippen MR) is 66.8 cm³/mol. The fraction of sp³-hybridized carbons (Fsp3) is 0.143. The smallest absolute Gasteiger partial charge is 0.339 e. The highest BCUT2D eigenvalue weighted by Crippen LogP contribution is 2.20. The zero-order chi connectivity index (χ0) is 13.7. The molecule has 0 fully saturated rings. The number of carbonyl (C=O) groups is 1. The summed E-state index contributed by atoms with van der Waals surface area (Å²) in [6, 6.07) is 7.05. The largest absolute Gasteiger partial charge is 0.492 e. The summed E-state index contributed by atoms with van der Waals surface area (Å²) in [5.41, 5.74) is 0.972. The molecule has 2 aromatic rings. The van der Waals surface area contributed by atoms with Gasteiger partial charge in [0.15, 0.2) is 0 Å². The molecule has 1 aromatic heterocycles. The molecule has 0 spiro atoms. The number of aromatic nitrogens is 1.